The summed E-state index contributed by atoms with van der Waals surface area (Å²) in [6, 6.07) is 5.27. The third-order valence-corrected chi connectivity index (χ3v) is 4.50. The summed E-state index contributed by atoms with van der Waals surface area (Å²) in [6.45, 7) is 7.22. The molecule has 0 aliphatic heterocycles. The molecule has 32 heavy (non-hydrogen) atoms. The number of imidazole rings is 1. The maximum absolute atomic E-state index is 12.2. The molecule has 3 aromatic heterocycles. The number of nitrogens with two attached hydrogens (primary N) is 1. The molecule has 1 amide bonds. The van der Waals surface area contributed by atoms with Gasteiger partial charge in [0.05, 0.1) is 18.5 Å². The van der Waals surface area contributed by atoms with E-state index >= 15 is 0 Å². The van der Waals surface area contributed by atoms with E-state index in [1.54, 1.807) is 62.0 Å². The predicted molar refractivity (Wildman–Crippen MR) is 119 cm³/mol. The van der Waals surface area contributed by atoms with Crippen molar-refractivity contribution in [2.75, 3.05) is 18.2 Å². The van der Waals surface area contributed by atoms with Gasteiger partial charge in [-0.3, -0.25) is 9.72 Å². The Balaban J connectivity index is 1.78. The largest absolute Gasteiger partial charge is 0.495 e. The van der Waals surface area contributed by atoms with Crippen molar-refractivity contribution in [3.8, 4) is 28.7 Å². The highest BCUT2D eigenvalue weighted by atomic mass is 16.6. The number of carbonyl (C=O) groups excluding carboxylic acids is 1. The van der Waals surface area contributed by atoms with Crippen molar-refractivity contribution in [2.24, 2.45) is 0 Å². The van der Waals surface area contributed by atoms with Crippen LogP contribution in [-0.4, -0.2) is 38.2 Å². The zero-order valence-corrected chi connectivity index (χ0v) is 18.5. The first-order chi connectivity index (χ1) is 15.2. The van der Waals surface area contributed by atoms with Gasteiger partial charge in [0.15, 0.2) is 0 Å². The van der Waals surface area contributed by atoms with Crippen molar-refractivity contribution in [3.05, 3.63) is 42.5 Å². The summed E-state index contributed by atoms with van der Waals surface area (Å²) in [5, 5.41) is 2.71. The topological polar surface area (TPSA) is 130 Å². The minimum absolute atomic E-state index is 0.305. The van der Waals surface area contributed by atoms with E-state index in [0.717, 1.165) is 5.69 Å². The number of ether oxygens (including phenoxy) is 2. The summed E-state index contributed by atoms with van der Waals surface area (Å²) in [5.74, 6) is 1.60. The SMILES string of the molecule is COc1cc(-c2nc(-c3nc(C)co3)n3ccnc(N)c23)ccc1NC(=O)OC(C)(C)C. The van der Waals surface area contributed by atoms with Crippen LogP contribution >= 0.6 is 0 Å². The van der Waals surface area contributed by atoms with Crippen LogP contribution in [0.3, 0.4) is 0 Å². The fourth-order valence-corrected chi connectivity index (χ4v) is 3.23. The minimum Gasteiger partial charge on any atom is -0.495 e. The van der Waals surface area contributed by atoms with E-state index in [2.05, 4.69) is 15.3 Å². The number of nitrogen functional groups attached to an aromatic ring is 1. The number of oxazole rings is 1. The number of nitrogens with one attached hydrogen (secondary N) is 1. The Kier molecular flexibility index (Phi) is 5.21. The number of nitrogens with zero attached hydrogens (tertiary/aromatic N) is 4. The zero-order valence-electron chi connectivity index (χ0n) is 18.5. The number of amides is 1. The molecule has 4 aromatic rings. The molecule has 10 heteroatoms. The average Bonchev–Trinajstić information content (AvgIpc) is 3.31. The van der Waals surface area contributed by atoms with E-state index in [4.69, 9.17) is 24.6 Å². The van der Waals surface area contributed by atoms with Gasteiger partial charge in [0.2, 0.25) is 5.82 Å². The monoisotopic (exact) mass is 436 g/mol. The summed E-state index contributed by atoms with van der Waals surface area (Å²) in [5.41, 5.74) is 8.66. The second kappa shape index (κ2) is 7.88. The van der Waals surface area contributed by atoms with Gasteiger partial charge in [-0.15, -0.1) is 0 Å². The molecular weight excluding hydrogens is 412 g/mol. The van der Waals surface area contributed by atoms with Crippen molar-refractivity contribution in [2.45, 2.75) is 33.3 Å². The number of carbonyl (C=O) groups is 1. The second-order valence-electron chi connectivity index (χ2n) is 8.15. The van der Waals surface area contributed by atoms with Crippen LogP contribution in [0, 0.1) is 6.92 Å². The molecule has 10 nitrogen and oxygen atoms in total. The number of rotatable bonds is 4. The average molecular weight is 436 g/mol. The van der Waals surface area contributed by atoms with Gasteiger partial charge in [0.1, 0.15) is 34.6 Å². The number of aryl methyl sites for hydroxylation is 1. The molecule has 0 saturated carbocycles. The molecule has 166 valence electrons. The van der Waals surface area contributed by atoms with E-state index < -0.39 is 11.7 Å². The molecule has 0 saturated heterocycles. The molecule has 1 aromatic carbocycles. The summed E-state index contributed by atoms with van der Waals surface area (Å²) in [4.78, 5) is 25.5. The van der Waals surface area contributed by atoms with Crippen molar-refractivity contribution >= 4 is 23.1 Å². The number of aromatic nitrogens is 4. The van der Waals surface area contributed by atoms with Gasteiger partial charge in [-0.25, -0.2) is 19.7 Å². The van der Waals surface area contributed by atoms with Crippen molar-refractivity contribution in [3.63, 3.8) is 0 Å². The maximum atomic E-state index is 12.2. The second-order valence-corrected chi connectivity index (χ2v) is 8.15. The first-order valence-corrected chi connectivity index (χ1v) is 9.89. The number of hydrogen-bond donors (Lipinski definition) is 2. The van der Waals surface area contributed by atoms with Crippen LogP contribution in [0.15, 0.2) is 41.3 Å². The molecule has 0 atom stereocenters. The molecule has 0 radical (unpaired) electrons. The molecule has 0 aliphatic rings. The molecule has 4 rings (SSSR count). The Labute approximate surface area is 184 Å². The minimum atomic E-state index is -0.619. The maximum Gasteiger partial charge on any atom is 0.412 e. The first kappa shape index (κ1) is 21.2. The summed E-state index contributed by atoms with van der Waals surface area (Å²) >= 11 is 0. The Bertz CT molecular complexity index is 1300. The van der Waals surface area contributed by atoms with Crippen LogP contribution < -0.4 is 15.8 Å². The van der Waals surface area contributed by atoms with Crippen LogP contribution in [0.25, 0.3) is 28.5 Å². The molecule has 0 fully saturated rings. The Morgan fingerprint density at radius 3 is 2.69 bits per heavy atom. The van der Waals surface area contributed by atoms with E-state index in [-0.39, 0.29) is 0 Å². The molecule has 3 heterocycles. The quantitative estimate of drug-likeness (QED) is 0.484. The third kappa shape index (κ3) is 4.07. The van der Waals surface area contributed by atoms with Crippen LogP contribution in [0.1, 0.15) is 26.5 Å². The predicted octanol–water partition coefficient (Wildman–Crippen LogP) is 4.30. The van der Waals surface area contributed by atoms with Crippen LogP contribution in [0.2, 0.25) is 0 Å². The number of fused-ring (bicyclic) bond motifs is 1. The zero-order chi connectivity index (χ0) is 23.0. The van der Waals surface area contributed by atoms with Crippen molar-refractivity contribution < 1.29 is 18.7 Å². The van der Waals surface area contributed by atoms with Gasteiger partial charge in [-0.2, -0.15) is 0 Å². The first-order valence-electron chi connectivity index (χ1n) is 9.89. The summed E-state index contributed by atoms with van der Waals surface area (Å²) in [6.07, 6.45) is 4.31. The standard InChI is InChI=1S/C22H24N6O4/c1-12-11-31-20(25-12)19-27-16(17-18(23)24-8-9-28(17)19)13-6-7-14(15(10-13)30-5)26-21(29)32-22(2,3)4/h6-11H,1-5H3,(H2,23,24)(H,26,29). The number of benzene rings is 1. The van der Waals surface area contributed by atoms with Gasteiger partial charge in [-0.1, -0.05) is 6.07 Å². The van der Waals surface area contributed by atoms with E-state index in [1.165, 1.54) is 7.11 Å². The van der Waals surface area contributed by atoms with E-state index in [0.29, 0.717) is 45.7 Å². The van der Waals surface area contributed by atoms with Gasteiger partial charge in [0.25, 0.3) is 5.89 Å². The fourth-order valence-electron chi connectivity index (χ4n) is 3.23. The van der Waals surface area contributed by atoms with Gasteiger partial charge < -0.3 is 19.6 Å². The molecule has 0 unspecified atom stereocenters. The van der Waals surface area contributed by atoms with Gasteiger partial charge >= 0.3 is 6.09 Å². The molecule has 0 spiro atoms. The highest BCUT2D eigenvalue weighted by molar-refractivity contribution is 5.91. The smallest absolute Gasteiger partial charge is 0.412 e. The summed E-state index contributed by atoms with van der Waals surface area (Å²) in [7, 11) is 1.52. The Morgan fingerprint density at radius 2 is 2.03 bits per heavy atom. The normalized spacial score (nSPS) is 11.5. The highest BCUT2D eigenvalue weighted by Crippen LogP contribution is 2.36. The van der Waals surface area contributed by atoms with Gasteiger partial charge in [0, 0.05) is 18.0 Å². The Morgan fingerprint density at radius 1 is 1.25 bits per heavy atom. The lowest BCUT2D eigenvalue weighted by molar-refractivity contribution is 0.0635. The lowest BCUT2D eigenvalue weighted by atomic mass is 10.1. The number of hydrogen-bond acceptors (Lipinski definition) is 8. The summed E-state index contributed by atoms with van der Waals surface area (Å²) < 4.78 is 18.1. The number of anilines is 2. The molecule has 3 N–H and O–H groups in total. The highest BCUT2D eigenvalue weighted by Gasteiger charge is 2.22. The molecule has 0 bridgehead atoms. The van der Waals surface area contributed by atoms with Gasteiger partial charge in [-0.05, 0) is 39.8 Å². The molecular formula is C22H24N6O4. The third-order valence-electron chi connectivity index (χ3n) is 4.50. The lowest BCUT2D eigenvalue weighted by Gasteiger charge is -2.20. The molecule has 0 aliphatic carbocycles. The Hall–Kier alpha value is -4.08. The van der Waals surface area contributed by atoms with Crippen LogP contribution in [0.5, 0.6) is 5.75 Å². The van der Waals surface area contributed by atoms with E-state index in [1.807, 2.05) is 6.92 Å². The van der Waals surface area contributed by atoms with Crippen LogP contribution in [-0.2, 0) is 4.74 Å². The van der Waals surface area contributed by atoms with Crippen molar-refractivity contribution in [1.29, 1.82) is 0 Å². The van der Waals surface area contributed by atoms with E-state index in [9.17, 15) is 4.79 Å². The van der Waals surface area contributed by atoms with Crippen molar-refractivity contribution in [1.82, 2.24) is 19.4 Å². The fraction of sp³-hybridized carbons (Fsp3) is 0.273. The lowest BCUT2D eigenvalue weighted by Crippen LogP contribution is -2.27. The number of methoxy groups -OCH3 is 1. The van der Waals surface area contributed by atoms with Crippen LogP contribution in [0.4, 0.5) is 16.3 Å².